The number of hydrogen-bond donors (Lipinski definition) is 1. The largest absolute Gasteiger partial charge is 0.494 e. The normalized spacial score (nSPS) is 16.4. The Hall–Kier alpha value is -1.93. The van der Waals surface area contributed by atoms with E-state index >= 15 is 0 Å². The minimum Gasteiger partial charge on any atom is -0.494 e. The lowest BCUT2D eigenvalue weighted by atomic mass is 9.89. The zero-order valence-corrected chi connectivity index (χ0v) is 17.9. The number of amides is 1. The Balaban J connectivity index is 1.41. The number of carbonyl (C=O) groups excluding carboxylic acids is 1. The number of rotatable bonds is 8. The molecule has 0 fully saturated rings. The van der Waals surface area contributed by atoms with Crippen molar-refractivity contribution >= 4 is 32.2 Å². The Kier molecular flexibility index (Phi) is 6.72. The summed E-state index contributed by atoms with van der Waals surface area (Å²) in [5, 5.41) is 3.60. The quantitative estimate of drug-likeness (QED) is 0.653. The van der Waals surface area contributed by atoms with E-state index in [1.807, 2.05) is 0 Å². The van der Waals surface area contributed by atoms with Crippen molar-refractivity contribution in [3.63, 3.8) is 0 Å². The summed E-state index contributed by atoms with van der Waals surface area (Å²) in [4.78, 5) is 18.3. The van der Waals surface area contributed by atoms with Gasteiger partial charge in [0.25, 0.3) is 0 Å². The van der Waals surface area contributed by atoms with Gasteiger partial charge in [0.15, 0.2) is 15.0 Å². The second kappa shape index (κ2) is 9.05. The standard InChI is InChI=1S/C20H26N2O4S2/c1-3-14-6-11-17-18(13-14)27-20(21-17)22-19(23)5-4-12-26-15-7-9-16(10-8-15)28(2,24)25/h7-10,14H,3-6,11-13H2,1-2H3,(H,21,22,23). The smallest absolute Gasteiger partial charge is 0.226 e. The van der Waals surface area contributed by atoms with Crippen LogP contribution in [0.1, 0.15) is 43.2 Å². The van der Waals surface area contributed by atoms with Gasteiger partial charge in [-0.05, 0) is 55.9 Å². The molecular formula is C20H26N2O4S2. The van der Waals surface area contributed by atoms with Gasteiger partial charge in [0, 0.05) is 17.6 Å². The molecule has 2 aromatic rings. The molecule has 0 spiro atoms. The van der Waals surface area contributed by atoms with Crippen LogP contribution in [-0.2, 0) is 27.5 Å². The molecule has 1 N–H and O–H groups in total. The van der Waals surface area contributed by atoms with Gasteiger partial charge in [-0.15, -0.1) is 11.3 Å². The Bertz CT molecular complexity index is 920. The van der Waals surface area contributed by atoms with Gasteiger partial charge >= 0.3 is 0 Å². The second-order valence-corrected chi connectivity index (χ2v) is 10.2. The molecule has 1 aliphatic carbocycles. The van der Waals surface area contributed by atoms with Crippen LogP contribution in [0.25, 0.3) is 0 Å². The molecule has 1 unspecified atom stereocenters. The van der Waals surface area contributed by atoms with E-state index in [1.165, 1.54) is 36.1 Å². The van der Waals surface area contributed by atoms with Crippen molar-refractivity contribution in [2.24, 2.45) is 5.92 Å². The van der Waals surface area contributed by atoms with E-state index in [-0.39, 0.29) is 10.8 Å². The number of nitrogens with one attached hydrogen (secondary N) is 1. The predicted octanol–water partition coefficient (Wildman–Crippen LogP) is 3.86. The van der Waals surface area contributed by atoms with E-state index in [1.54, 1.807) is 23.5 Å². The van der Waals surface area contributed by atoms with Crippen molar-refractivity contribution in [2.45, 2.75) is 50.3 Å². The lowest BCUT2D eigenvalue weighted by Crippen LogP contribution is -2.13. The molecule has 3 rings (SSSR count). The maximum Gasteiger partial charge on any atom is 0.226 e. The first-order valence-corrected chi connectivity index (χ1v) is 12.3. The van der Waals surface area contributed by atoms with Crippen molar-refractivity contribution in [2.75, 3.05) is 18.2 Å². The SMILES string of the molecule is CCC1CCc2nc(NC(=O)CCCOc3ccc(S(C)(=O)=O)cc3)sc2C1. The highest BCUT2D eigenvalue weighted by Gasteiger charge is 2.21. The van der Waals surface area contributed by atoms with Crippen molar-refractivity contribution in [3.05, 3.63) is 34.8 Å². The van der Waals surface area contributed by atoms with E-state index in [0.717, 1.165) is 24.5 Å². The summed E-state index contributed by atoms with van der Waals surface area (Å²) in [7, 11) is -3.21. The summed E-state index contributed by atoms with van der Waals surface area (Å²) in [5.41, 5.74) is 1.14. The summed E-state index contributed by atoms with van der Waals surface area (Å²) in [6.07, 6.45) is 6.55. The molecule has 0 bridgehead atoms. The Morgan fingerprint density at radius 1 is 1.32 bits per heavy atom. The fourth-order valence-electron chi connectivity index (χ4n) is 3.23. The van der Waals surface area contributed by atoms with Crippen LogP contribution in [0.3, 0.4) is 0 Å². The average Bonchev–Trinajstić information content (AvgIpc) is 3.06. The van der Waals surface area contributed by atoms with Crippen molar-refractivity contribution < 1.29 is 17.9 Å². The van der Waals surface area contributed by atoms with E-state index in [4.69, 9.17) is 4.74 Å². The van der Waals surface area contributed by atoms with E-state index in [9.17, 15) is 13.2 Å². The first-order valence-electron chi connectivity index (χ1n) is 9.56. The third kappa shape index (κ3) is 5.54. The maximum atomic E-state index is 12.1. The molecular weight excluding hydrogens is 396 g/mol. The molecule has 152 valence electrons. The van der Waals surface area contributed by atoms with Gasteiger partial charge in [-0.25, -0.2) is 13.4 Å². The molecule has 6 nitrogen and oxygen atoms in total. The van der Waals surface area contributed by atoms with Crippen LogP contribution in [0.4, 0.5) is 5.13 Å². The molecule has 0 aliphatic heterocycles. The molecule has 1 atom stereocenters. The van der Waals surface area contributed by atoms with Gasteiger partial charge in [-0.1, -0.05) is 13.3 Å². The number of anilines is 1. The van der Waals surface area contributed by atoms with Crippen molar-refractivity contribution in [1.82, 2.24) is 4.98 Å². The second-order valence-electron chi connectivity index (χ2n) is 7.15. The average molecular weight is 423 g/mol. The van der Waals surface area contributed by atoms with Gasteiger partial charge < -0.3 is 10.1 Å². The number of thiazole rings is 1. The summed E-state index contributed by atoms with van der Waals surface area (Å²) in [6, 6.07) is 6.29. The van der Waals surface area contributed by atoms with Crippen LogP contribution in [-0.4, -0.2) is 32.2 Å². The number of fused-ring (bicyclic) bond motifs is 1. The predicted molar refractivity (Wildman–Crippen MR) is 111 cm³/mol. The van der Waals surface area contributed by atoms with Crippen molar-refractivity contribution in [1.29, 1.82) is 0 Å². The molecule has 28 heavy (non-hydrogen) atoms. The van der Waals surface area contributed by atoms with Gasteiger partial charge in [0.05, 0.1) is 17.2 Å². The topological polar surface area (TPSA) is 85.4 Å². The summed E-state index contributed by atoms with van der Waals surface area (Å²) in [6.45, 7) is 2.61. The molecule has 8 heteroatoms. The monoisotopic (exact) mass is 422 g/mol. The lowest BCUT2D eigenvalue weighted by Gasteiger charge is -2.18. The Labute approximate surface area is 170 Å². The fourth-order valence-corrected chi connectivity index (χ4v) is 5.00. The van der Waals surface area contributed by atoms with Crippen molar-refractivity contribution in [3.8, 4) is 5.75 Å². The summed E-state index contributed by atoms with van der Waals surface area (Å²) in [5.74, 6) is 1.26. The minimum atomic E-state index is -3.21. The third-order valence-corrected chi connectivity index (χ3v) is 7.10. The maximum absolute atomic E-state index is 12.1. The number of benzene rings is 1. The number of sulfone groups is 1. The minimum absolute atomic E-state index is 0.0610. The molecule has 1 aromatic heterocycles. The summed E-state index contributed by atoms with van der Waals surface area (Å²) >= 11 is 1.60. The number of carbonyl (C=O) groups is 1. The zero-order chi connectivity index (χ0) is 20.1. The fraction of sp³-hybridized carbons (Fsp3) is 0.500. The van der Waals surface area contributed by atoms with Crippen LogP contribution in [0.5, 0.6) is 5.75 Å². The van der Waals surface area contributed by atoms with Crippen LogP contribution in [0.2, 0.25) is 0 Å². The molecule has 0 saturated heterocycles. The number of ether oxygens (including phenoxy) is 1. The molecule has 1 aliphatic rings. The van der Waals surface area contributed by atoms with Gasteiger partial charge in [-0.2, -0.15) is 0 Å². The zero-order valence-electron chi connectivity index (χ0n) is 16.2. The highest BCUT2D eigenvalue weighted by molar-refractivity contribution is 7.90. The first-order chi connectivity index (χ1) is 13.3. The molecule has 1 amide bonds. The van der Waals surface area contributed by atoms with Gasteiger partial charge in [0.1, 0.15) is 5.75 Å². The van der Waals surface area contributed by atoms with E-state index < -0.39 is 9.84 Å². The van der Waals surface area contributed by atoms with Crippen LogP contribution < -0.4 is 10.1 Å². The molecule has 0 radical (unpaired) electrons. The number of aryl methyl sites for hydroxylation is 1. The van der Waals surface area contributed by atoms with Crippen LogP contribution in [0.15, 0.2) is 29.2 Å². The highest BCUT2D eigenvalue weighted by atomic mass is 32.2. The first kappa shape index (κ1) is 20.8. The number of nitrogens with zero attached hydrogens (tertiary/aromatic N) is 1. The Morgan fingerprint density at radius 2 is 2.07 bits per heavy atom. The van der Waals surface area contributed by atoms with Crippen LogP contribution in [0, 0.1) is 5.92 Å². The van der Waals surface area contributed by atoms with E-state index in [2.05, 4.69) is 17.2 Å². The molecule has 0 saturated carbocycles. The van der Waals surface area contributed by atoms with Gasteiger partial charge in [0.2, 0.25) is 5.91 Å². The van der Waals surface area contributed by atoms with Crippen LogP contribution >= 0.6 is 11.3 Å². The summed E-state index contributed by atoms with van der Waals surface area (Å²) < 4.78 is 28.4. The van der Waals surface area contributed by atoms with E-state index in [0.29, 0.717) is 30.3 Å². The Morgan fingerprint density at radius 3 is 2.75 bits per heavy atom. The molecule has 1 aromatic carbocycles. The number of hydrogen-bond acceptors (Lipinski definition) is 6. The van der Waals surface area contributed by atoms with Gasteiger partial charge in [-0.3, -0.25) is 4.79 Å². The number of aromatic nitrogens is 1. The lowest BCUT2D eigenvalue weighted by molar-refractivity contribution is -0.116. The molecule has 1 heterocycles. The third-order valence-electron chi connectivity index (χ3n) is 4.93. The highest BCUT2D eigenvalue weighted by Crippen LogP contribution is 2.33.